The van der Waals surface area contributed by atoms with Gasteiger partial charge in [0.15, 0.2) is 5.15 Å². The molecule has 1 heterocycles. The first-order chi connectivity index (χ1) is 8.15. The highest BCUT2D eigenvalue weighted by Gasteiger charge is 2.10. The van der Waals surface area contributed by atoms with Crippen molar-refractivity contribution in [3.8, 4) is 17.1 Å². The maximum atomic E-state index is 9.04. The number of aromatic nitrogens is 2. The number of aryl methyl sites for hydroxylation is 1. The van der Waals surface area contributed by atoms with E-state index in [1.54, 1.807) is 7.11 Å². The van der Waals surface area contributed by atoms with Crippen molar-refractivity contribution >= 4 is 11.6 Å². The van der Waals surface area contributed by atoms with Gasteiger partial charge in [0.2, 0.25) is 0 Å². The van der Waals surface area contributed by atoms with Crippen LogP contribution >= 0.6 is 11.6 Å². The highest BCUT2D eigenvalue weighted by atomic mass is 35.5. The summed E-state index contributed by atoms with van der Waals surface area (Å²) in [5.74, 6) is 1.47. The largest absolute Gasteiger partial charge is 0.496 e. The number of hydrogen-bond donors (Lipinski definition) is 2. The molecule has 4 nitrogen and oxygen atoms in total. The van der Waals surface area contributed by atoms with Gasteiger partial charge in [-0.05, 0) is 30.7 Å². The molecule has 0 radical (unpaired) electrons. The summed E-state index contributed by atoms with van der Waals surface area (Å²) in [6.07, 6.45) is 0. The lowest BCUT2D eigenvalue weighted by Gasteiger charge is -2.05. The van der Waals surface area contributed by atoms with Crippen LogP contribution in [0.1, 0.15) is 11.3 Å². The molecule has 0 spiro atoms. The van der Waals surface area contributed by atoms with Crippen LogP contribution in [0.15, 0.2) is 18.2 Å². The van der Waals surface area contributed by atoms with Gasteiger partial charge in [-0.25, -0.2) is 4.98 Å². The van der Waals surface area contributed by atoms with Crippen LogP contribution in [-0.2, 0) is 6.61 Å². The zero-order valence-corrected chi connectivity index (χ0v) is 10.4. The smallest absolute Gasteiger partial charge is 0.153 e. The summed E-state index contributed by atoms with van der Waals surface area (Å²) in [5, 5.41) is 9.34. The molecule has 0 amide bonds. The number of aliphatic hydroxyl groups excluding tert-OH is 1. The molecule has 0 atom stereocenters. The molecular weight excluding hydrogens is 240 g/mol. The van der Waals surface area contributed by atoms with Crippen LogP contribution in [0.2, 0.25) is 5.15 Å². The van der Waals surface area contributed by atoms with Crippen LogP contribution in [0.5, 0.6) is 5.75 Å². The predicted octanol–water partition coefficient (Wildman–Crippen LogP) is 2.54. The highest BCUT2D eigenvalue weighted by Crippen LogP contribution is 2.26. The van der Waals surface area contributed by atoms with E-state index in [-0.39, 0.29) is 6.61 Å². The molecular formula is C12H13ClN2O2. The summed E-state index contributed by atoms with van der Waals surface area (Å²) in [4.78, 5) is 7.14. The van der Waals surface area contributed by atoms with E-state index in [1.165, 1.54) is 0 Å². The summed E-state index contributed by atoms with van der Waals surface area (Å²) < 4.78 is 5.19. The van der Waals surface area contributed by atoms with E-state index < -0.39 is 0 Å². The Morgan fingerprint density at radius 3 is 2.76 bits per heavy atom. The van der Waals surface area contributed by atoms with Gasteiger partial charge in [0.05, 0.1) is 19.4 Å². The summed E-state index contributed by atoms with van der Waals surface area (Å²) in [5.41, 5.74) is 2.45. The number of halogens is 1. The molecule has 2 aromatic rings. The molecule has 0 aliphatic carbocycles. The molecule has 2 rings (SSSR count). The molecule has 0 aliphatic rings. The third-order valence-corrected chi connectivity index (χ3v) is 2.87. The van der Waals surface area contributed by atoms with Crippen LogP contribution in [-0.4, -0.2) is 22.2 Å². The second-order valence-corrected chi connectivity index (χ2v) is 4.06. The van der Waals surface area contributed by atoms with Crippen LogP contribution in [0.4, 0.5) is 0 Å². The summed E-state index contributed by atoms with van der Waals surface area (Å²) in [6, 6.07) is 5.72. The molecule has 17 heavy (non-hydrogen) atoms. The van der Waals surface area contributed by atoms with E-state index in [0.29, 0.717) is 16.7 Å². The van der Waals surface area contributed by atoms with E-state index in [0.717, 1.165) is 16.9 Å². The van der Waals surface area contributed by atoms with Gasteiger partial charge in [0.1, 0.15) is 11.6 Å². The molecule has 2 N–H and O–H groups in total. The van der Waals surface area contributed by atoms with Crippen LogP contribution < -0.4 is 4.74 Å². The third-order valence-electron chi connectivity index (χ3n) is 2.55. The minimum atomic E-state index is -0.152. The van der Waals surface area contributed by atoms with Crippen LogP contribution in [0.3, 0.4) is 0 Å². The average Bonchev–Trinajstić information content (AvgIpc) is 2.70. The SMILES string of the molecule is COc1ccc(-c2nc(Cl)c(CO)[nH]2)cc1C. The third kappa shape index (κ3) is 2.28. The van der Waals surface area contributed by atoms with Gasteiger partial charge < -0.3 is 14.8 Å². The van der Waals surface area contributed by atoms with Gasteiger partial charge in [0.25, 0.3) is 0 Å². The fraction of sp³-hybridized carbons (Fsp3) is 0.250. The lowest BCUT2D eigenvalue weighted by Crippen LogP contribution is -1.89. The van der Waals surface area contributed by atoms with Crippen molar-refractivity contribution in [2.45, 2.75) is 13.5 Å². The van der Waals surface area contributed by atoms with E-state index in [1.807, 2.05) is 25.1 Å². The summed E-state index contributed by atoms with van der Waals surface area (Å²) in [6.45, 7) is 1.81. The topological polar surface area (TPSA) is 58.1 Å². The summed E-state index contributed by atoms with van der Waals surface area (Å²) in [7, 11) is 1.63. The van der Waals surface area contributed by atoms with Crippen LogP contribution in [0, 0.1) is 6.92 Å². The first-order valence-electron chi connectivity index (χ1n) is 5.16. The molecule has 0 unspecified atom stereocenters. The molecule has 5 heteroatoms. The number of nitrogens with zero attached hydrogens (tertiary/aromatic N) is 1. The Labute approximate surface area is 104 Å². The normalized spacial score (nSPS) is 10.6. The van der Waals surface area contributed by atoms with Crippen molar-refractivity contribution in [3.05, 3.63) is 34.6 Å². The number of H-pyrrole nitrogens is 1. The zero-order valence-electron chi connectivity index (χ0n) is 9.62. The minimum Gasteiger partial charge on any atom is -0.496 e. The Balaban J connectivity index is 2.42. The first-order valence-corrected chi connectivity index (χ1v) is 5.53. The fourth-order valence-electron chi connectivity index (χ4n) is 1.66. The Bertz CT molecular complexity index is 537. The molecule has 0 fully saturated rings. The maximum absolute atomic E-state index is 9.04. The number of methoxy groups -OCH3 is 1. The zero-order chi connectivity index (χ0) is 12.4. The number of aromatic amines is 1. The predicted molar refractivity (Wildman–Crippen MR) is 66.2 cm³/mol. The van der Waals surface area contributed by atoms with Crippen molar-refractivity contribution < 1.29 is 9.84 Å². The number of rotatable bonds is 3. The number of nitrogens with one attached hydrogen (secondary N) is 1. The van der Waals surface area contributed by atoms with Crippen molar-refractivity contribution in [3.63, 3.8) is 0 Å². The Kier molecular flexibility index (Phi) is 3.36. The maximum Gasteiger partial charge on any atom is 0.153 e. The molecule has 0 saturated heterocycles. The standard InChI is InChI=1S/C12H13ClN2O2/c1-7-5-8(3-4-10(7)17-2)12-14-9(6-16)11(13)15-12/h3-5,16H,6H2,1-2H3,(H,14,15). The number of aliphatic hydroxyl groups is 1. The molecule has 0 saturated carbocycles. The molecule has 0 aliphatic heterocycles. The van der Waals surface area contributed by atoms with Crippen LogP contribution in [0.25, 0.3) is 11.4 Å². The van der Waals surface area contributed by atoms with E-state index >= 15 is 0 Å². The monoisotopic (exact) mass is 252 g/mol. The Morgan fingerprint density at radius 1 is 1.47 bits per heavy atom. The van der Waals surface area contributed by atoms with Gasteiger partial charge in [-0.15, -0.1) is 0 Å². The number of ether oxygens (including phenoxy) is 1. The minimum absolute atomic E-state index is 0.152. The average molecular weight is 253 g/mol. The van der Waals surface area contributed by atoms with Gasteiger partial charge in [-0.1, -0.05) is 11.6 Å². The molecule has 1 aromatic carbocycles. The quantitative estimate of drug-likeness (QED) is 0.883. The van der Waals surface area contributed by atoms with Gasteiger partial charge >= 0.3 is 0 Å². The first kappa shape index (κ1) is 12.0. The second-order valence-electron chi connectivity index (χ2n) is 3.70. The summed E-state index contributed by atoms with van der Waals surface area (Å²) >= 11 is 5.87. The van der Waals surface area contributed by atoms with Crippen molar-refractivity contribution in [1.29, 1.82) is 0 Å². The van der Waals surface area contributed by atoms with E-state index in [2.05, 4.69) is 9.97 Å². The van der Waals surface area contributed by atoms with Crippen molar-refractivity contribution in [2.24, 2.45) is 0 Å². The van der Waals surface area contributed by atoms with E-state index in [4.69, 9.17) is 21.4 Å². The number of hydrogen-bond acceptors (Lipinski definition) is 3. The van der Waals surface area contributed by atoms with E-state index in [9.17, 15) is 0 Å². The highest BCUT2D eigenvalue weighted by molar-refractivity contribution is 6.30. The second kappa shape index (κ2) is 4.77. The van der Waals surface area contributed by atoms with Crippen molar-refractivity contribution in [2.75, 3.05) is 7.11 Å². The fourth-order valence-corrected chi connectivity index (χ4v) is 1.85. The Hall–Kier alpha value is -1.52. The lowest BCUT2D eigenvalue weighted by molar-refractivity contribution is 0.277. The Morgan fingerprint density at radius 2 is 2.24 bits per heavy atom. The van der Waals surface area contributed by atoms with Gasteiger partial charge in [-0.2, -0.15) is 0 Å². The number of benzene rings is 1. The molecule has 90 valence electrons. The van der Waals surface area contributed by atoms with Gasteiger partial charge in [-0.3, -0.25) is 0 Å². The lowest BCUT2D eigenvalue weighted by atomic mass is 10.1. The molecule has 0 bridgehead atoms. The van der Waals surface area contributed by atoms with Gasteiger partial charge in [0, 0.05) is 5.56 Å². The molecule has 1 aromatic heterocycles. The number of imidazole rings is 1. The van der Waals surface area contributed by atoms with Crippen molar-refractivity contribution in [1.82, 2.24) is 9.97 Å².